The standard InChI is InChI=1S/C20H27N3O4/c1-14-8-6-7-11-20(14)18(25)23(19(26)21-20)13-17(24)22(2)12-15-9-4-5-10-16(15)27-3/h4-5,9-10,14H,6-8,11-13H2,1-3H3,(H,21,26)/t14-,20+/m1/s1. The lowest BCUT2D eigenvalue weighted by Crippen LogP contribution is -2.54. The number of imide groups is 1. The Labute approximate surface area is 159 Å². The molecule has 7 heteroatoms. The molecule has 1 N–H and O–H groups in total. The van der Waals surface area contributed by atoms with Crippen molar-refractivity contribution in [2.24, 2.45) is 5.92 Å². The molecule has 0 aromatic heterocycles. The zero-order valence-electron chi connectivity index (χ0n) is 16.2. The Morgan fingerprint density at radius 2 is 2.07 bits per heavy atom. The van der Waals surface area contributed by atoms with Crippen molar-refractivity contribution >= 4 is 17.8 Å². The van der Waals surface area contributed by atoms with Crippen LogP contribution in [0.25, 0.3) is 0 Å². The number of rotatable bonds is 5. The topological polar surface area (TPSA) is 79.0 Å². The highest BCUT2D eigenvalue weighted by molar-refractivity contribution is 6.09. The number of carbonyl (C=O) groups is 3. The van der Waals surface area contributed by atoms with Crippen molar-refractivity contribution in [2.45, 2.75) is 44.7 Å². The summed E-state index contributed by atoms with van der Waals surface area (Å²) in [6.45, 7) is 2.09. The molecule has 1 saturated heterocycles. The Morgan fingerprint density at radius 3 is 2.78 bits per heavy atom. The highest BCUT2D eigenvalue weighted by Crippen LogP contribution is 2.38. The van der Waals surface area contributed by atoms with Gasteiger partial charge in [0.25, 0.3) is 5.91 Å². The average Bonchev–Trinajstić information content (AvgIpc) is 2.89. The summed E-state index contributed by atoms with van der Waals surface area (Å²) in [5.41, 5.74) is 0.0297. The monoisotopic (exact) mass is 373 g/mol. The molecule has 2 fully saturated rings. The Kier molecular flexibility index (Phi) is 5.39. The minimum atomic E-state index is -0.836. The zero-order valence-corrected chi connectivity index (χ0v) is 16.2. The number of hydrogen-bond acceptors (Lipinski definition) is 4. The highest BCUT2D eigenvalue weighted by Gasteiger charge is 2.55. The Balaban J connectivity index is 1.68. The molecule has 1 aliphatic heterocycles. The van der Waals surface area contributed by atoms with Gasteiger partial charge in [0.15, 0.2) is 0 Å². The molecule has 1 aromatic rings. The van der Waals surface area contributed by atoms with E-state index in [9.17, 15) is 14.4 Å². The Morgan fingerprint density at radius 1 is 1.33 bits per heavy atom. The van der Waals surface area contributed by atoms with E-state index in [0.29, 0.717) is 18.7 Å². The van der Waals surface area contributed by atoms with Crippen LogP contribution >= 0.6 is 0 Å². The van der Waals surface area contributed by atoms with Gasteiger partial charge in [-0.05, 0) is 24.8 Å². The van der Waals surface area contributed by atoms with Crippen LogP contribution in [-0.4, -0.2) is 53.9 Å². The minimum Gasteiger partial charge on any atom is -0.496 e. The van der Waals surface area contributed by atoms with Crippen molar-refractivity contribution in [1.29, 1.82) is 0 Å². The predicted molar refractivity (Wildman–Crippen MR) is 100 cm³/mol. The summed E-state index contributed by atoms with van der Waals surface area (Å²) in [5, 5.41) is 2.88. The first-order valence-electron chi connectivity index (χ1n) is 9.39. The summed E-state index contributed by atoms with van der Waals surface area (Å²) in [6, 6.07) is 6.99. The van der Waals surface area contributed by atoms with E-state index in [1.54, 1.807) is 14.2 Å². The predicted octanol–water partition coefficient (Wildman–Crippen LogP) is 2.15. The maximum absolute atomic E-state index is 13.0. The van der Waals surface area contributed by atoms with E-state index in [1.807, 2.05) is 31.2 Å². The normalized spacial score (nSPS) is 24.9. The molecule has 7 nitrogen and oxygen atoms in total. The van der Waals surface area contributed by atoms with Crippen molar-refractivity contribution in [3.05, 3.63) is 29.8 Å². The molecule has 3 rings (SSSR count). The minimum absolute atomic E-state index is 0.0779. The van der Waals surface area contributed by atoms with Crippen LogP contribution in [0.4, 0.5) is 4.79 Å². The van der Waals surface area contributed by atoms with Crippen LogP contribution in [0, 0.1) is 5.92 Å². The van der Waals surface area contributed by atoms with Crippen LogP contribution in [0.1, 0.15) is 38.2 Å². The van der Waals surface area contributed by atoms with Crippen LogP contribution in [0.15, 0.2) is 24.3 Å². The quantitative estimate of drug-likeness (QED) is 0.802. The number of benzene rings is 1. The molecule has 0 bridgehead atoms. The van der Waals surface area contributed by atoms with Gasteiger partial charge < -0.3 is 15.0 Å². The molecule has 0 unspecified atom stereocenters. The fourth-order valence-corrected chi connectivity index (χ4v) is 4.07. The third-order valence-electron chi connectivity index (χ3n) is 5.82. The van der Waals surface area contributed by atoms with Crippen molar-refractivity contribution in [3.8, 4) is 5.75 Å². The van der Waals surface area contributed by atoms with Gasteiger partial charge in [0.05, 0.1) is 7.11 Å². The summed E-state index contributed by atoms with van der Waals surface area (Å²) in [4.78, 5) is 40.6. The summed E-state index contributed by atoms with van der Waals surface area (Å²) >= 11 is 0. The zero-order chi connectivity index (χ0) is 19.6. The fourth-order valence-electron chi connectivity index (χ4n) is 4.07. The third-order valence-corrected chi connectivity index (χ3v) is 5.82. The second kappa shape index (κ2) is 7.58. The first-order valence-corrected chi connectivity index (χ1v) is 9.39. The lowest BCUT2D eigenvalue weighted by atomic mass is 9.73. The first kappa shape index (κ1) is 19.2. The van der Waals surface area contributed by atoms with Crippen molar-refractivity contribution < 1.29 is 19.1 Å². The van der Waals surface area contributed by atoms with Gasteiger partial charge in [-0.2, -0.15) is 0 Å². The van der Waals surface area contributed by atoms with Gasteiger partial charge in [-0.15, -0.1) is 0 Å². The summed E-state index contributed by atoms with van der Waals surface area (Å²) in [6.07, 6.45) is 3.51. The van der Waals surface area contributed by atoms with Crippen molar-refractivity contribution in [3.63, 3.8) is 0 Å². The summed E-state index contributed by atoms with van der Waals surface area (Å²) in [5.74, 6) is 0.222. The Bertz CT molecular complexity index is 750. The van der Waals surface area contributed by atoms with Gasteiger partial charge in [0.1, 0.15) is 17.8 Å². The molecule has 2 aliphatic rings. The van der Waals surface area contributed by atoms with Crippen LogP contribution in [-0.2, 0) is 16.1 Å². The van der Waals surface area contributed by atoms with Crippen LogP contribution in [0.2, 0.25) is 0 Å². The highest BCUT2D eigenvalue weighted by atomic mass is 16.5. The molecule has 146 valence electrons. The lowest BCUT2D eigenvalue weighted by Gasteiger charge is -2.36. The lowest BCUT2D eigenvalue weighted by molar-refractivity contribution is -0.140. The number of likely N-dealkylation sites (N-methyl/N-ethyl adjacent to an activating group) is 1. The number of amides is 4. The van der Waals surface area contributed by atoms with E-state index in [1.165, 1.54) is 4.90 Å². The van der Waals surface area contributed by atoms with Gasteiger partial charge in [0, 0.05) is 19.2 Å². The molecule has 2 atom stereocenters. The number of nitrogens with zero attached hydrogens (tertiary/aromatic N) is 2. The molecular formula is C20H27N3O4. The number of para-hydroxylation sites is 1. The van der Waals surface area contributed by atoms with E-state index in [0.717, 1.165) is 29.7 Å². The Hall–Kier alpha value is -2.57. The molecule has 4 amide bonds. The van der Waals surface area contributed by atoms with Crippen LogP contribution in [0.5, 0.6) is 5.75 Å². The van der Waals surface area contributed by atoms with Crippen molar-refractivity contribution in [2.75, 3.05) is 20.7 Å². The third kappa shape index (κ3) is 3.50. The van der Waals surface area contributed by atoms with E-state index >= 15 is 0 Å². The number of hydrogen-bond donors (Lipinski definition) is 1. The fraction of sp³-hybridized carbons (Fsp3) is 0.550. The van der Waals surface area contributed by atoms with E-state index < -0.39 is 11.6 Å². The van der Waals surface area contributed by atoms with E-state index in [-0.39, 0.29) is 24.3 Å². The van der Waals surface area contributed by atoms with E-state index in [2.05, 4.69) is 5.32 Å². The van der Waals surface area contributed by atoms with Gasteiger partial charge in [-0.25, -0.2) is 4.79 Å². The summed E-state index contributed by atoms with van der Waals surface area (Å²) < 4.78 is 5.31. The largest absolute Gasteiger partial charge is 0.496 e. The molecule has 1 heterocycles. The second-order valence-corrected chi connectivity index (χ2v) is 7.50. The smallest absolute Gasteiger partial charge is 0.325 e. The molecule has 1 spiro atoms. The number of ether oxygens (including phenoxy) is 1. The molecular weight excluding hydrogens is 346 g/mol. The number of methoxy groups -OCH3 is 1. The first-order chi connectivity index (χ1) is 12.9. The van der Waals surface area contributed by atoms with Crippen LogP contribution in [0.3, 0.4) is 0 Å². The number of nitrogens with one attached hydrogen (secondary N) is 1. The average molecular weight is 373 g/mol. The van der Waals surface area contributed by atoms with Gasteiger partial charge in [0.2, 0.25) is 5.91 Å². The van der Waals surface area contributed by atoms with Gasteiger partial charge >= 0.3 is 6.03 Å². The summed E-state index contributed by atoms with van der Waals surface area (Å²) in [7, 11) is 3.24. The maximum atomic E-state index is 13.0. The van der Waals surface area contributed by atoms with Gasteiger partial charge in [-0.1, -0.05) is 38.0 Å². The van der Waals surface area contributed by atoms with Crippen LogP contribution < -0.4 is 10.1 Å². The van der Waals surface area contributed by atoms with Crippen molar-refractivity contribution in [1.82, 2.24) is 15.1 Å². The van der Waals surface area contributed by atoms with Gasteiger partial charge in [-0.3, -0.25) is 14.5 Å². The number of urea groups is 1. The molecule has 1 saturated carbocycles. The second-order valence-electron chi connectivity index (χ2n) is 7.50. The van der Waals surface area contributed by atoms with E-state index in [4.69, 9.17) is 4.74 Å². The molecule has 1 aliphatic carbocycles. The maximum Gasteiger partial charge on any atom is 0.325 e. The molecule has 27 heavy (non-hydrogen) atoms. The SMILES string of the molecule is COc1ccccc1CN(C)C(=O)CN1C(=O)N[C@]2(CCCC[C@H]2C)C1=O. The molecule has 0 radical (unpaired) electrons. The molecule has 1 aromatic carbocycles. The number of carbonyl (C=O) groups excluding carboxylic acids is 3.